The van der Waals surface area contributed by atoms with E-state index in [-0.39, 0.29) is 11.7 Å². The number of aryl methyl sites for hydroxylation is 1. The largest absolute Gasteiger partial charge is 0.354 e. The minimum atomic E-state index is -0.147. The second-order valence-corrected chi connectivity index (χ2v) is 4.04. The third kappa shape index (κ3) is 0.755. The average molecular weight is 172 g/mol. The second kappa shape index (κ2) is 2.05. The number of hydrogen-bond acceptors (Lipinski definition) is 1. The molecule has 1 nitrogen and oxygen atoms in total. The van der Waals surface area contributed by atoms with Gasteiger partial charge in [-0.1, -0.05) is 24.3 Å². The topological polar surface area (TPSA) is 9.23 Å². The lowest BCUT2D eigenvalue weighted by atomic mass is 9.86. The Hall–Kier alpha value is -1.08. The summed E-state index contributed by atoms with van der Waals surface area (Å²) in [4.78, 5) is 0. The fourth-order valence-electron chi connectivity index (χ4n) is 2.41. The summed E-state index contributed by atoms with van der Waals surface area (Å²) in [6.07, 6.45) is 4.54. The lowest BCUT2D eigenvalue weighted by molar-refractivity contribution is 0.0112. The van der Waals surface area contributed by atoms with Crippen LogP contribution in [0.2, 0.25) is 0 Å². The van der Waals surface area contributed by atoms with Crippen molar-refractivity contribution in [3.05, 3.63) is 47.0 Å². The molecular formula is C12H12O. The Bertz CT molecular complexity index is 406. The summed E-state index contributed by atoms with van der Waals surface area (Å²) in [5.41, 5.74) is 3.93. The Morgan fingerprint density at radius 3 is 3.00 bits per heavy atom. The van der Waals surface area contributed by atoms with Crippen LogP contribution in [0.5, 0.6) is 0 Å². The summed E-state index contributed by atoms with van der Waals surface area (Å²) < 4.78 is 5.90. The van der Waals surface area contributed by atoms with Crippen LogP contribution in [0.3, 0.4) is 0 Å². The van der Waals surface area contributed by atoms with Crippen LogP contribution in [-0.2, 0) is 10.3 Å². The van der Waals surface area contributed by atoms with Crippen molar-refractivity contribution >= 4 is 0 Å². The van der Waals surface area contributed by atoms with Crippen molar-refractivity contribution in [2.45, 2.75) is 25.6 Å². The zero-order valence-corrected chi connectivity index (χ0v) is 7.87. The van der Waals surface area contributed by atoms with Gasteiger partial charge in [0.1, 0.15) is 11.7 Å². The number of ether oxygens (including phenoxy) is 1. The molecule has 0 aromatic heterocycles. The first kappa shape index (κ1) is 7.34. The average Bonchev–Trinajstić information content (AvgIpc) is 2.59. The van der Waals surface area contributed by atoms with Crippen LogP contribution in [0.15, 0.2) is 30.4 Å². The fourth-order valence-corrected chi connectivity index (χ4v) is 2.41. The molecule has 1 aromatic carbocycles. The first-order valence-corrected chi connectivity index (χ1v) is 4.68. The molecule has 66 valence electrons. The van der Waals surface area contributed by atoms with Crippen LogP contribution in [0, 0.1) is 6.92 Å². The molecule has 0 amide bonds. The van der Waals surface area contributed by atoms with Crippen molar-refractivity contribution in [1.82, 2.24) is 0 Å². The molecule has 0 saturated carbocycles. The molecule has 13 heavy (non-hydrogen) atoms. The van der Waals surface area contributed by atoms with Gasteiger partial charge in [0, 0.05) is 0 Å². The van der Waals surface area contributed by atoms with E-state index in [2.05, 4.69) is 44.2 Å². The van der Waals surface area contributed by atoms with Gasteiger partial charge in [-0.15, -0.1) is 0 Å². The van der Waals surface area contributed by atoms with Crippen LogP contribution in [0.1, 0.15) is 29.7 Å². The Morgan fingerprint density at radius 1 is 1.38 bits per heavy atom. The predicted octanol–water partition coefficient (Wildman–Crippen LogP) is 2.85. The number of fused-ring (bicyclic) bond motifs is 5. The number of rotatable bonds is 0. The van der Waals surface area contributed by atoms with Crippen LogP contribution in [-0.4, -0.2) is 0 Å². The summed E-state index contributed by atoms with van der Waals surface area (Å²) in [5.74, 6) is 0. The van der Waals surface area contributed by atoms with Gasteiger partial charge in [0.25, 0.3) is 0 Å². The van der Waals surface area contributed by atoms with Gasteiger partial charge in [-0.25, -0.2) is 0 Å². The van der Waals surface area contributed by atoms with Gasteiger partial charge in [0.2, 0.25) is 0 Å². The summed E-state index contributed by atoms with van der Waals surface area (Å²) in [6.45, 7) is 4.29. The third-order valence-electron chi connectivity index (χ3n) is 3.10. The van der Waals surface area contributed by atoms with Crippen molar-refractivity contribution in [2.24, 2.45) is 0 Å². The summed E-state index contributed by atoms with van der Waals surface area (Å²) in [7, 11) is 0. The van der Waals surface area contributed by atoms with Crippen LogP contribution in [0.4, 0.5) is 0 Å². The van der Waals surface area contributed by atoms with E-state index in [0.717, 1.165) is 0 Å². The van der Waals surface area contributed by atoms with Gasteiger partial charge in [0.15, 0.2) is 0 Å². The quantitative estimate of drug-likeness (QED) is 0.547. The zero-order valence-electron chi connectivity index (χ0n) is 7.87. The molecule has 0 N–H and O–H groups in total. The molecule has 2 aliphatic rings. The first-order chi connectivity index (χ1) is 6.21. The van der Waals surface area contributed by atoms with Gasteiger partial charge in [-0.05, 0) is 36.6 Å². The minimum Gasteiger partial charge on any atom is -0.354 e. The Balaban J connectivity index is 2.33. The van der Waals surface area contributed by atoms with Gasteiger partial charge < -0.3 is 4.74 Å². The summed E-state index contributed by atoms with van der Waals surface area (Å²) >= 11 is 0. The maximum Gasteiger partial charge on any atom is 0.110 e. The van der Waals surface area contributed by atoms with Gasteiger partial charge in [-0.2, -0.15) is 0 Å². The normalized spacial score (nSPS) is 33.8. The molecule has 0 fully saturated rings. The van der Waals surface area contributed by atoms with Crippen molar-refractivity contribution in [3.8, 4) is 0 Å². The molecule has 2 aliphatic heterocycles. The molecule has 0 saturated heterocycles. The lowest BCUT2D eigenvalue weighted by Crippen LogP contribution is -2.14. The molecule has 0 aliphatic carbocycles. The molecule has 0 radical (unpaired) electrons. The predicted molar refractivity (Wildman–Crippen MR) is 51.5 cm³/mol. The maximum absolute atomic E-state index is 5.90. The van der Waals surface area contributed by atoms with E-state index in [4.69, 9.17) is 4.74 Å². The summed E-state index contributed by atoms with van der Waals surface area (Å²) in [6, 6.07) is 6.43. The van der Waals surface area contributed by atoms with Crippen molar-refractivity contribution in [3.63, 3.8) is 0 Å². The SMILES string of the molecule is Cc1cccc2c1[C@@H]1C=C[C@]2(C)O1. The smallest absolute Gasteiger partial charge is 0.110 e. The summed E-state index contributed by atoms with van der Waals surface area (Å²) in [5, 5.41) is 0. The highest BCUT2D eigenvalue weighted by atomic mass is 16.5. The van der Waals surface area contributed by atoms with E-state index in [0.29, 0.717) is 0 Å². The molecule has 2 bridgehead atoms. The van der Waals surface area contributed by atoms with Crippen molar-refractivity contribution in [1.29, 1.82) is 0 Å². The van der Waals surface area contributed by atoms with E-state index in [9.17, 15) is 0 Å². The Kier molecular flexibility index (Phi) is 1.15. The van der Waals surface area contributed by atoms with Gasteiger partial charge in [-0.3, -0.25) is 0 Å². The number of hydrogen-bond donors (Lipinski definition) is 0. The van der Waals surface area contributed by atoms with E-state index in [1.807, 2.05) is 0 Å². The molecular weight excluding hydrogens is 160 g/mol. The molecule has 1 heteroatoms. The van der Waals surface area contributed by atoms with Crippen molar-refractivity contribution in [2.75, 3.05) is 0 Å². The molecule has 1 aromatic rings. The van der Waals surface area contributed by atoms with Gasteiger partial charge in [0.05, 0.1) is 0 Å². The zero-order chi connectivity index (χ0) is 9.05. The molecule has 0 spiro atoms. The molecule has 0 unspecified atom stereocenters. The van der Waals surface area contributed by atoms with Crippen LogP contribution < -0.4 is 0 Å². The van der Waals surface area contributed by atoms with Crippen molar-refractivity contribution < 1.29 is 4.74 Å². The Labute approximate surface area is 78.0 Å². The Morgan fingerprint density at radius 2 is 2.23 bits per heavy atom. The monoisotopic (exact) mass is 172 g/mol. The highest BCUT2D eigenvalue weighted by Gasteiger charge is 2.43. The molecule has 2 heterocycles. The van der Waals surface area contributed by atoms with E-state index in [1.54, 1.807) is 0 Å². The van der Waals surface area contributed by atoms with Crippen LogP contribution >= 0.6 is 0 Å². The third-order valence-corrected chi connectivity index (χ3v) is 3.10. The highest BCUT2D eigenvalue weighted by molar-refractivity contribution is 5.50. The molecule has 2 atom stereocenters. The standard InChI is InChI=1S/C12H12O/c1-8-4-3-5-9-11(8)10-6-7-12(9,2)13-10/h3-7,10H,1-2H3/t10-,12-/m0/s1. The fraction of sp³-hybridized carbons (Fsp3) is 0.333. The lowest BCUT2D eigenvalue weighted by Gasteiger charge is -2.18. The minimum absolute atomic E-state index is 0.147. The van der Waals surface area contributed by atoms with Gasteiger partial charge >= 0.3 is 0 Å². The molecule has 3 rings (SSSR count). The van der Waals surface area contributed by atoms with E-state index < -0.39 is 0 Å². The second-order valence-electron chi connectivity index (χ2n) is 4.04. The highest BCUT2D eigenvalue weighted by Crippen LogP contribution is 2.50. The first-order valence-electron chi connectivity index (χ1n) is 4.68. The maximum atomic E-state index is 5.90. The van der Waals surface area contributed by atoms with E-state index in [1.165, 1.54) is 16.7 Å². The van der Waals surface area contributed by atoms with Crippen LogP contribution in [0.25, 0.3) is 0 Å². The van der Waals surface area contributed by atoms with E-state index >= 15 is 0 Å². The number of benzene rings is 1.